The summed E-state index contributed by atoms with van der Waals surface area (Å²) >= 11 is 0. The van der Waals surface area contributed by atoms with Gasteiger partial charge in [0.1, 0.15) is 0 Å². The van der Waals surface area contributed by atoms with E-state index in [0.29, 0.717) is 0 Å². The maximum Gasteiger partial charge on any atom is 4.00 e. The smallest absolute Gasteiger partial charge is 0.377 e. The maximum atomic E-state index is 5.30. The zero-order chi connectivity index (χ0) is 17.9. The van der Waals surface area contributed by atoms with Crippen LogP contribution in [0.1, 0.15) is 45.6 Å². The summed E-state index contributed by atoms with van der Waals surface area (Å²) in [5.74, 6) is 0. The van der Waals surface area contributed by atoms with Crippen molar-refractivity contribution in [1.82, 2.24) is 0 Å². The Morgan fingerprint density at radius 3 is 1.26 bits per heavy atom. The van der Waals surface area contributed by atoms with Crippen molar-refractivity contribution in [3.63, 3.8) is 0 Å². The molecule has 1 aromatic rings. The van der Waals surface area contributed by atoms with Crippen LogP contribution in [-0.2, 0) is 40.4 Å². The van der Waals surface area contributed by atoms with Crippen LogP contribution in [0.3, 0.4) is 0 Å². The van der Waals surface area contributed by atoms with E-state index >= 15 is 0 Å². The van der Waals surface area contributed by atoms with Gasteiger partial charge in [-0.3, -0.25) is 0 Å². The second kappa shape index (κ2) is 24.4. The fourth-order valence-electron chi connectivity index (χ4n) is 1.25. The zero-order valence-corrected chi connectivity index (χ0v) is 19.1. The molecule has 0 aromatic heterocycles. The van der Waals surface area contributed by atoms with Gasteiger partial charge < -0.3 is 34.0 Å². The molecule has 1 aromatic carbocycles. The topological polar surface area (TPSA) is 27.7 Å². The van der Waals surface area contributed by atoms with Crippen LogP contribution in [0.4, 0.5) is 0 Å². The van der Waals surface area contributed by atoms with Crippen LogP contribution in [0.15, 0.2) is 24.3 Å². The molecule has 1 rings (SSSR count). The van der Waals surface area contributed by atoms with Crippen molar-refractivity contribution < 1.29 is 34.3 Å². The summed E-state index contributed by atoms with van der Waals surface area (Å²) in [5.41, 5.74) is 1.19. The van der Waals surface area contributed by atoms with Gasteiger partial charge in [-0.05, 0) is 6.04 Å². The first-order valence-electron chi connectivity index (χ1n) is 7.74. The van der Waals surface area contributed by atoms with E-state index in [1.807, 2.05) is 45.0 Å². The van der Waals surface area contributed by atoms with Crippen molar-refractivity contribution in [1.29, 1.82) is 0 Å². The van der Waals surface area contributed by atoms with Crippen molar-refractivity contribution in [3.05, 3.63) is 50.6 Å². The third-order valence-electron chi connectivity index (χ3n) is 2.09. The molecular weight excluding hydrogens is 487 g/mol. The maximum absolute atomic E-state index is 5.30. The van der Waals surface area contributed by atoms with Gasteiger partial charge in [-0.15, -0.1) is 0 Å². The summed E-state index contributed by atoms with van der Waals surface area (Å²) in [6, 6.07) is 8.80. The van der Waals surface area contributed by atoms with E-state index in [9.17, 15) is 0 Å². The molecular formula is C18H36O3PtSi. The first-order valence-corrected chi connectivity index (χ1v) is 9.67. The Hall–Kier alpha value is 0.135. The number of rotatable bonds is 5. The molecule has 140 valence electrons. The van der Waals surface area contributed by atoms with Gasteiger partial charge in [-0.1, -0.05) is 20.8 Å². The fourth-order valence-corrected chi connectivity index (χ4v) is 2.92. The van der Waals surface area contributed by atoms with Crippen LogP contribution in [0.25, 0.3) is 0 Å². The van der Waals surface area contributed by atoms with Crippen LogP contribution >= 0.6 is 0 Å². The Kier molecular flexibility index (Phi) is 32.8. The van der Waals surface area contributed by atoms with Crippen molar-refractivity contribution >= 4 is 8.80 Å². The van der Waals surface area contributed by atoms with E-state index < -0.39 is 8.80 Å². The second-order valence-corrected chi connectivity index (χ2v) is 7.21. The minimum atomic E-state index is -2.42. The van der Waals surface area contributed by atoms with Crippen molar-refractivity contribution in [2.45, 2.75) is 46.1 Å². The van der Waals surface area contributed by atoms with E-state index in [0.717, 1.165) is 25.3 Å². The molecule has 0 aliphatic heterocycles. The normalized spacial score (nSPS) is 9.09. The summed E-state index contributed by atoms with van der Waals surface area (Å²) in [4.78, 5) is 0. The number of hydrogen-bond acceptors (Lipinski definition) is 3. The van der Waals surface area contributed by atoms with Gasteiger partial charge in [0.25, 0.3) is 0 Å². The Bertz CT molecular complexity index is 263. The van der Waals surface area contributed by atoms with E-state index in [4.69, 9.17) is 13.3 Å². The molecule has 0 aliphatic rings. The Morgan fingerprint density at radius 1 is 0.783 bits per heavy atom. The fraction of sp³-hybridized carbons (Fsp3) is 0.556. The molecule has 0 bridgehead atoms. The first kappa shape index (κ1) is 31.0. The van der Waals surface area contributed by atoms with E-state index in [-0.39, 0.29) is 21.1 Å². The summed E-state index contributed by atoms with van der Waals surface area (Å²) in [6.45, 7) is 16.5. The van der Waals surface area contributed by atoms with Crippen molar-refractivity contribution in [3.8, 4) is 0 Å². The first-order chi connectivity index (χ1) is 10.5. The minimum absolute atomic E-state index is 0. The molecule has 0 atom stereocenters. The van der Waals surface area contributed by atoms with Crippen LogP contribution in [0.2, 0.25) is 0 Å². The van der Waals surface area contributed by atoms with Crippen LogP contribution in [-0.4, -0.2) is 30.1 Å². The van der Waals surface area contributed by atoms with Gasteiger partial charge >= 0.3 is 29.9 Å². The van der Waals surface area contributed by atoms with Gasteiger partial charge in [-0.2, -0.15) is 37.0 Å². The van der Waals surface area contributed by atoms with Gasteiger partial charge in [0.15, 0.2) is 0 Å². The summed E-state index contributed by atoms with van der Waals surface area (Å²) in [6.07, 6.45) is 3.00. The van der Waals surface area contributed by atoms with E-state index in [1.165, 1.54) is 5.56 Å². The average Bonchev–Trinajstić information content (AvgIpc) is 3.00. The van der Waals surface area contributed by atoms with Crippen LogP contribution in [0.5, 0.6) is 0 Å². The van der Waals surface area contributed by atoms with E-state index in [2.05, 4.69) is 20.8 Å². The molecule has 0 saturated heterocycles. The van der Waals surface area contributed by atoms with Crippen molar-refractivity contribution in [2.75, 3.05) is 21.3 Å². The molecule has 3 nitrogen and oxygen atoms in total. The summed E-state index contributed by atoms with van der Waals surface area (Å²) in [7, 11) is 2.46. The monoisotopic (exact) mass is 523 g/mol. The predicted octanol–water partition coefficient (Wildman–Crippen LogP) is 5.05. The Balaban J connectivity index is -0.000000152. The third-order valence-corrected chi connectivity index (χ3v) is 4.79. The predicted molar refractivity (Wildman–Crippen MR) is 99.5 cm³/mol. The second-order valence-electron chi connectivity index (χ2n) is 4.27. The molecule has 0 N–H and O–H groups in total. The van der Waals surface area contributed by atoms with Gasteiger partial charge in [0, 0.05) is 21.3 Å². The molecule has 0 radical (unpaired) electrons. The van der Waals surface area contributed by atoms with Gasteiger partial charge in [-0.25, -0.2) is 12.1 Å². The molecule has 5 heteroatoms. The van der Waals surface area contributed by atoms with Gasteiger partial charge in [0.2, 0.25) is 0 Å². The largest absolute Gasteiger partial charge is 4.00 e. The van der Waals surface area contributed by atoms with Crippen LogP contribution < -0.4 is 0 Å². The Labute approximate surface area is 161 Å². The van der Waals surface area contributed by atoms with Crippen LogP contribution in [0, 0.1) is 20.8 Å². The molecule has 0 aliphatic carbocycles. The SMILES string of the molecule is CO[Si](C[c-]1cccc1)(OC)OC.[CH2-]CC.[CH2-]CC.[CH2-]CC.[Pt+4]. The number of hydrogen-bond donors (Lipinski definition) is 0. The molecule has 23 heavy (non-hydrogen) atoms. The van der Waals surface area contributed by atoms with Crippen molar-refractivity contribution in [2.24, 2.45) is 0 Å². The minimum Gasteiger partial charge on any atom is -0.377 e. The average molecular weight is 524 g/mol. The van der Waals surface area contributed by atoms with Gasteiger partial charge in [0.05, 0.1) is 0 Å². The molecule has 0 unspecified atom stereocenters. The summed E-state index contributed by atoms with van der Waals surface area (Å²) in [5, 5.41) is 0. The molecule has 0 saturated carbocycles. The standard InChI is InChI=1S/C9H15O3Si.3C3H7.Pt/c1-10-13(11-2,12-3)8-9-6-4-5-7-9;3*1-3-2;/h4-7H,8H2,1-3H3;3*1,3H2,2H3;/q4*-1;+4. The quantitative estimate of drug-likeness (QED) is 0.399. The zero-order valence-electron chi connectivity index (χ0n) is 15.8. The molecule has 0 heterocycles. The van der Waals surface area contributed by atoms with E-state index in [1.54, 1.807) is 21.3 Å². The molecule has 0 spiro atoms. The Morgan fingerprint density at radius 2 is 1.04 bits per heavy atom. The molecule has 0 amide bonds. The third kappa shape index (κ3) is 20.1. The summed E-state index contributed by atoms with van der Waals surface area (Å²) < 4.78 is 15.9. The molecule has 0 fully saturated rings.